The fourth-order valence-electron chi connectivity index (χ4n) is 1.92. The molecule has 1 fully saturated rings. The molecule has 13 heavy (non-hydrogen) atoms. The molecule has 1 aliphatic rings. The number of nitrogens with two attached hydrogens (primary N) is 1. The third-order valence-corrected chi connectivity index (χ3v) is 2.89. The Labute approximate surface area is 79.1 Å². The summed E-state index contributed by atoms with van der Waals surface area (Å²) in [6.07, 6.45) is 4.08. The molecule has 0 saturated heterocycles. The van der Waals surface area contributed by atoms with Gasteiger partial charge in [0.1, 0.15) is 0 Å². The van der Waals surface area contributed by atoms with Crippen molar-refractivity contribution in [3.05, 3.63) is 35.4 Å². The Kier molecular flexibility index (Phi) is 2.62. The normalized spacial score (nSPS) is 17.0. The first-order valence-electron chi connectivity index (χ1n) is 4.93. The Bertz CT molecular complexity index is 279. The molecule has 1 saturated carbocycles. The molecule has 1 aliphatic carbocycles. The molecular weight excluding hydrogens is 160 g/mol. The van der Waals surface area contributed by atoms with E-state index < -0.39 is 0 Å². The molecule has 2 rings (SSSR count). The second-order valence-corrected chi connectivity index (χ2v) is 3.71. The maximum absolute atomic E-state index is 5.34. The van der Waals surface area contributed by atoms with Gasteiger partial charge >= 0.3 is 0 Å². The molecule has 0 radical (unpaired) electrons. The van der Waals surface area contributed by atoms with Gasteiger partial charge in [0, 0.05) is 6.54 Å². The number of benzene rings is 1. The quantitative estimate of drug-likeness (QED) is 0.545. The summed E-state index contributed by atoms with van der Waals surface area (Å²) in [4.78, 5) is 0. The largest absolute Gasteiger partial charge is 0.271 e. The van der Waals surface area contributed by atoms with Crippen LogP contribution < -0.4 is 11.3 Å². The fraction of sp³-hybridized carbons (Fsp3) is 0.455. The van der Waals surface area contributed by atoms with Gasteiger partial charge in [-0.2, -0.15) is 0 Å². The first-order valence-corrected chi connectivity index (χ1v) is 4.93. The summed E-state index contributed by atoms with van der Waals surface area (Å²) in [7, 11) is 0. The zero-order chi connectivity index (χ0) is 9.10. The van der Waals surface area contributed by atoms with Crippen LogP contribution in [0.1, 0.15) is 36.3 Å². The van der Waals surface area contributed by atoms with Crippen LogP contribution in [-0.2, 0) is 6.54 Å². The number of rotatable bonds is 3. The number of nitrogens with one attached hydrogen (secondary N) is 1. The van der Waals surface area contributed by atoms with Crippen LogP contribution in [0.4, 0.5) is 0 Å². The van der Waals surface area contributed by atoms with Crippen molar-refractivity contribution in [1.82, 2.24) is 5.43 Å². The van der Waals surface area contributed by atoms with Crippen LogP contribution in [0.15, 0.2) is 24.3 Å². The van der Waals surface area contributed by atoms with E-state index in [1.807, 2.05) is 0 Å². The first-order chi connectivity index (χ1) is 6.42. The minimum absolute atomic E-state index is 0.784. The third kappa shape index (κ3) is 1.74. The van der Waals surface area contributed by atoms with E-state index in [-0.39, 0.29) is 0 Å². The number of hydrazine groups is 1. The molecule has 0 aromatic heterocycles. The van der Waals surface area contributed by atoms with Gasteiger partial charge in [-0.3, -0.25) is 11.3 Å². The van der Waals surface area contributed by atoms with Crippen molar-refractivity contribution in [2.24, 2.45) is 5.84 Å². The Balaban J connectivity index is 2.20. The van der Waals surface area contributed by atoms with Gasteiger partial charge < -0.3 is 0 Å². The Morgan fingerprint density at radius 2 is 2.08 bits per heavy atom. The highest BCUT2D eigenvalue weighted by Gasteiger charge is 2.21. The Morgan fingerprint density at radius 1 is 1.31 bits per heavy atom. The lowest BCUT2D eigenvalue weighted by atomic mass is 9.78. The van der Waals surface area contributed by atoms with E-state index in [1.165, 1.54) is 30.4 Å². The van der Waals surface area contributed by atoms with Crippen molar-refractivity contribution < 1.29 is 0 Å². The predicted molar refractivity (Wildman–Crippen MR) is 54.1 cm³/mol. The summed E-state index contributed by atoms with van der Waals surface area (Å²) in [5.41, 5.74) is 5.58. The maximum Gasteiger partial charge on any atom is 0.0351 e. The monoisotopic (exact) mass is 176 g/mol. The molecule has 0 heterocycles. The van der Waals surface area contributed by atoms with Crippen LogP contribution in [-0.4, -0.2) is 0 Å². The van der Waals surface area contributed by atoms with Gasteiger partial charge in [0.05, 0.1) is 0 Å². The molecule has 0 bridgehead atoms. The van der Waals surface area contributed by atoms with E-state index in [0.29, 0.717) is 0 Å². The second kappa shape index (κ2) is 3.90. The fourth-order valence-corrected chi connectivity index (χ4v) is 1.92. The molecule has 2 nitrogen and oxygen atoms in total. The smallest absolute Gasteiger partial charge is 0.0351 e. The highest BCUT2D eigenvalue weighted by Crippen LogP contribution is 2.37. The topological polar surface area (TPSA) is 38.0 Å². The van der Waals surface area contributed by atoms with Crippen molar-refractivity contribution in [3.63, 3.8) is 0 Å². The van der Waals surface area contributed by atoms with Crippen molar-refractivity contribution in [1.29, 1.82) is 0 Å². The minimum atomic E-state index is 0.784. The van der Waals surface area contributed by atoms with Crippen molar-refractivity contribution in [3.8, 4) is 0 Å². The van der Waals surface area contributed by atoms with Gasteiger partial charge in [-0.15, -0.1) is 0 Å². The summed E-state index contributed by atoms with van der Waals surface area (Å²) in [5, 5.41) is 0. The van der Waals surface area contributed by atoms with Crippen LogP contribution in [0, 0.1) is 0 Å². The lowest BCUT2D eigenvalue weighted by Crippen LogP contribution is -2.22. The van der Waals surface area contributed by atoms with Crippen LogP contribution in [0.3, 0.4) is 0 Å². The van der Waals surface area contributed by atoms with E-state index in [2.05, 4.69) is 29.7 Å². The molecule has 70 valence electrons. The minimum Gasteiger partial charge on any atom is -0.271 e. The van der Waals surface area contributed by atoms with E-state index >= 15 is 0 Å². The van der Waals surface area contributed by atoms with Gasteiger partial charge in [0.2, 0.25) is 0 Å². The van der Waals surface area contributed by atoms with E-state index in [9.17, 15) is 0 Å². The van der Waals surface area contributed by atoms with Gasteiger partial charge in [-0.25, -0.2) is 0 Å². The summed E-state index contributed by atoms with van der Waals surface area (Å²) in [5.74, 6) is 6.13. The summed E-state index contributed by atoms with van der Waals surface area (Å²) in [6.45, 7) is 0.784. The molecule has 0 aliphatic heterocycles. The molecule has 0 atom stereocenters. The van der Waals surface area contributed by atoms with Crippen LogP contribution >= 0.6 is 0 Å². The molecule has 2 heteroatoms. The molecule has 1 aromatic rings. The predicted octanol–water partition coefficient (Wildman–Crippen LogP) is 1.92. The molecular formula is C11H16N2. The first kappa shape index (κ1) is 8.73. The standard InChI is InChI=1S/C11H16N2/c12-13-8-10-4-1-2-7-11(10)9-5-3-6-9/h1-2,4,7,9,13H,3,5-6,8,12H2. The average Bonchev–Trinajstić information content (AvgIpc) is 2.05. The summed E-state index contributed by atoms with van der Waals surface area (Å²) < 4.78 is 0. The third-order valence-electron chi connectivity index (χ3n) is 2.89. The SMILES string of the molecule is NNCc1ccccc1C1CCC1. The molecule has 0 amide bonds. The van der Waals surface area contributed by atoms with E-state index in [1.54, 1.807) is 0 Å². The molecule has 0 spiro atoms. The zero-order valence-electron chi connectivity index (χ0n) is 7.79. The molecule has 1 aromatic carbocycles. The highest BCUT2D eigenvalue weighted by atomic mass is 15.2. The van der Waals surface area contributed by atoms with E-state index in [4.69, 9.17) is 5.84 Å². The Hall–Kier alpha value is -0.860. The van der Waals surface area contributed by atoms with Gasteiger partial charge in [-0.05, 0) is 29.9 Å². The maximum atomic E-state index is 5.34. The lowest BCUT2D eigenvalue weighted by molar-refractivity contribution is 0.416. The van der Waals surface area contributed by atoms with E-state index in [0.717, 1.165) is 12.5 Å². The average molecular weight is 176 g/mol. The summed E-state index contributed by atoms with van der Waals surface area (Å²) in [6, 6.07) is 8.59. The Morgan fingerprint density at radius 3 is 2.69 bits per heavy atom. The highest BCUT2D eigenvalue weighted by molar-refractivity contribution is 5.31. The molecule has 0 unspecified atom stereocenters. The van der Waals surface area contributed by atoms with Crippen molar-refractivity contribution in [2.75, 3.05) is 0 Å². The lowest BCUT2D eigenvalue weighted by Gasteiger charge is -2.27. The van der Waals surface area contributed by atoms with Crippen molar-refractivity contribution in [2.45, 2.75) is 31.7 Å². The van der Waals surface area contributed by atoms with Crippen LogP contribution in [0.2, 0.25) is 0 Å². The van der Waals surface area contributed by atoms with Crippen LogP contribution in [0.5, 0.6) is 0 Å². The molecule has 3 N–H and O–H groups in total. The number of hydrogen-bond acceptors (Lipinski definition) is 2. The van der Waals surface area contributed by atoms with Gasteiger partial charge in [0.15, 0.2) is 0 Å². The van der Waals surface area contributed by atoms with Crippen LogP contribution in [0.25, 0.3) is 0 Å². The number of hydrogen-bond donors (Lipinski definition) is 2. The van der Waals surface area contributed by atoms with Gasteiger partial charge in [-0.1, -0.05) is 30.7 Å². The zero-order valence-corrected chi connectivity index (χ0v) is 7.79. The van der Waals surface area contributed by atoms with Crippen molar-refractivity contribution >= 4 is 0 Å². The summed E-state index contributed by atoms with van der Waals surface area (Å²) >= 11 is 0. The van der Waals surface area contributed by atoms with Gasteiger partial charge in [0.25, 0.3) is 0 Å². The second-order valence-electron chi connectivity index (χ2n) is 3.71.